The van der Waals surface area contributed by atoms with Gasteiger partial charge in [-0.05, 0) is 37.3 Å². The van der Waals surface area contributed by atoms with Gasteiger partial charge in [0.2, 0.25) is 0 Å². The third-order valence-corrected chi connectivity index (χ3v) is 4.66. The van der Waals surface area contributed by atoms with Crippen molar-refractivity contribution in [2.75, 3.05) is 7.05 Å². The van der Waals surface area contributed by atoms with Crippen LogP contribution in [0.5, 0.6) is 5.75 Å². The van der Waals surface area contributed by atoms with Crippen molar-refractivity contribution in [3.05, 3.63) is 70.4 Å². The summed E-state index contributed by atoms with van der Waals surface area (Å²) >= 11 is 6.13. The van der Waals surface area contributed by atoms with Gasteiger partial charge in [-0.2, -0.15) is 18.3 Å². The molecule has 1 amide bonds. The number of nitrogens with zero attached hydrogens (tertiary/aromatic N) is 3. The minimum atomic E-state index is -4.45. The summed E-state index contributed by atoms with van der Waals surface area (Å²) in [5.74, 6) is 0.0635. The molecule has 0 radical (unpaired) electrons. The predicted octanol–water partition coefficient (Wildman–Crippen LogP) is 5.02. The molecule has 160 valence electrons. The minimum Gasteiger partial charge on any atom is -0.486 e. The monoisotopic (exact) mass is 441 g/mol. The van der Waals surface area contributed by atoms with Crippen LogP contribution in [0.1, 0.15) is 34.5 Å². The number of ether oxygens (including phenoxy) is 1. The number of aromatic nitrogens is 2. The van der Waals surface area contributed by atoms with Crippen molar-refractivity contribution in [3.63, 3.8) is 0 Å². The quantitative estimate of drug-likeness (QED) is 0.516. The van der Waals surface area contributed by atoms with Gasteiger partial charge in [0.1, 0.15) is 18.1 Å². The summed E-state index contributed by atoms with van der Waals surface area (Å²) < 4.78 is 50.9. The molecule has 2 heterocycles. The maximum Gasteiger partial charge on any atom is 0.416 e. The number of amides is 1. The smallest absolute Gasteiger partial charge is 0.416 e. The SMILES string of the molecule is CCn1ncc(Cl)c1CN(C)C(=O)c1ccc(COc2cccc(C(F)(F)F)c2)o1. The molecule has 2 aromatic heterocycles. The van der Waals surface area contributed by atoms with E-state index in [2.05, 4.69) is 5.10 Å². The second-order valence-electron chi connectivity index (χ2n) is 6.50. The van der Waals surface area contributed by atoms with E-state index in [1.54, 1.807) is 11.7 Å². The molecule has 0 spiro atoms. The molecule has 0 atom stereocenters. The summed E-state index contributed by atoms with van der Waals surface area (Å²) in [6.45, 7) is 2.65. The Morgan fingerprint density at radius 1 is 1.30 bits per heavy atom. The molecule has 3 rings (SSSR count). The highest BCUT2D eigenvalue weighted by molar-refractivity contribution is 6.31. The first-order valence-corrected chi connectivity index (χ1v) is 9.41. The summed E-state index contributed by atoms with van der Waals surface area (Å²) in [4.78, 5) is 14.1. The molecule has 30 heavy (non-hydrogen) atoms. The Balaban J connectivity index is 1.63. The van der Waals surface area contributed by atoms with Gasteiger partial charge in [0.25, 0.3) is 5.91 Å². The fourth-order valence-corrected chi connectivity index (χ4v) is 2.99. The lowest BCUT2D eigenvalue weighted by Crippen LogP contribution is -2.27. The number of furan rings is 1. The lowest BCUT2D eigenvalue weighted by Gasteiger charge is -2.16. The van der Waals surface area contributed by atoms with Crippen LogP contribution >= 0.6 is 11.6 Å². The van der Waals surface area contributed by atoms with Gasteiger partial charge in [-0.15, -0.1) is 0 Å². The van der Waals surface area contributed by atoms with Crippen LogP contribution in [0.25, 0.3) is 0 Å². The maximum atomic E-state index is 12.8. The van der Waals surface area contributed by atoms with Crippen molar-refractivity contribution < 1.29 is 27.1 Å². The van der Waals surface area contributed by atoms with Gasteiger partial charge in [0.05, 0.1) is 29.0 Å². The Labute approximate surface area is 175 Å². The fraction of sp³-hybridized carbons (Fsp3) is 0.300. The van der Waals surface area contributed by atoms with Gasteiger partial charge < -0.3 is 14.1 Å². The number of carbonyl (C=O) groups is 1. The van der Waals surface area contributed by atoms with E-state index in [0.29, 0.717) is 23.0 Å². The molecule has 0 saturated carbocycles. The van der Waals surface area contributed by atoms with Gasteiger partial charge >= 0.3 is 6.18 Å². The molecule has 0 unspecified atom stereocenters. The number of halogens is 4. The van der Waals surface area contributed by atoms with Gasteiger partial charge in [0, 0.05) is 13.6 Å². The molecule has 0 aliphatic heterocycles. The summed E-state index contributed by atoms with van der Waals surface area (Å²) in [5, 5.41) is 4.60. The lowest BCUT2D eigenvalue weighted by molar-refractivity contribution is -0.137. The van der Waals surface area contributed by atoms with Gasteiger partial charge in [-0.1, -0.05) is 17.7 Å². The first-order chi connectivity index (χ1) is 14.2. The van der Waals surface area contributed by atoms with E-state index in [-0.39, 0.29) is 30.6 Å². The van der Waals surface area contributed by atoms with Crippen molar-refractivity contribution in [3.8, 4) is 5.75 Å². The predicted molar refractivity (Wildman–Crippen MR) is 103 cm³/mol. The van der Waals surface area contributed by atoms with Crippen molar-refractivity contribution in [1.29, 1.82) is 0 Å². The number of hydrogen-bond acceptors (Lipinski definition) is 4. The maximum absolute atomic E-state index is 12.8. The average molecular weight is 442 g/mol. The Kier molecular flexibility index (Phi) is 6.40. The van der Waals surface area contributed by atoms with Crippen molar-refractivity contribution >= 4 is 17.5 Å². The van der Waals surface area contributed by atoms with E-state index in [0.717, 1.165) is 12.1 Å². The molecule has 0 N–H and O–H groups in total. The highest BCUT2D eigenvalue weighted by Crippen LogP contribution is 2.31. The Morgan fingerprint density at radius 3 is 2.77 bits per heavy atom. The number of benzene rings is 1. The van der Waals surface area contributed by atoms with E-state index in [4.69, 9.17) is 20.8 Å². The normalized spacial score (nSPS) is 11.5. The average Bonchev–Trinajstić information content (AvgIpc) is 3.32. The van der Waals surface area contributed by atoms with E-state index in [1.165, 1.54) is 35.4 Å². The van der Waals surface area contributed by atoms with E-state index in [9.17, 15) is 18.0 Å². The topological polar surface area (TPSA) is 60.5 Å². The van der Waals surface area contributed by atoms with Crippen molar-refractivity contribution in [2.24, 2.45) is 0 Å². The van der Waals surface area contributed by atoms with Crippen LogP contribution in [-0.4, -0.2) is 27.6 Å². The third-order valence-electron chi connectivity index (χ3n) is 4.35. The summed E-state index contributed by atoms with van der Waals surface area (Å²) in [6, 6.07) is 7.57. The Bertz CT molecular complexity index is 1030. The van der Waals surface area contributed by atoms with E-state index < -0.39 is 11.7 Å². The minimum absolute atomic E-state index is 0.0497. The van der Waals surface area contributed by atoms with Crippen LogP contribution in [0, 0.1) is 0 Å². The molecule has 10 heteroatoms. The lowest BCUT2D eigenvalue weighted by atomic mass is 10.2. The van der Waals surface area contributed by atoms with Crippen molar-refractivity contribution in [1.82, 2.24) is 14.7 Å². The zero-order chi connectivity index (χ0) is 21.9. The molecular weight excluding hydrogens is 423 g/mol. The van der Waals surface area contributed by atoms with Crippen molar-refractivity contribution in [2.45, 2.75) is 32.8 Å². The molecule has 3 aromatic rings. The highest BCUT2D eigenvalue weighted by atomic mass is 35.5. The summed E-state index contributed by atoms with van der Waals surface area (Å²) in [7, 11) is 1.60. The number of aryl methyl sites for hydroxylation is 1. The zero-order valence-corrected chi connectivity index (χ0v) is 17.0. The van der Waals surface area contributed by atoms with Crippen LogP contribution in [0.3, 0.4) is 0 Å². The molecular formula is C20H19ClF3N3O3. The largest absolute Gasteiger partial charge is 0.486 e. The Hall–Kier alpha value is -2.94. The van der Waals surface area contributed by atoms with Crippen LogP contribution < -0.4 is 4.74 Å². The van der Waals surface area contributed by atoms with E-state index >= 15 is 0 Å². The standard InChI is InChI=1S/C20H19ClF3N3O3/c1-3-27-17(16(21)10-25-27)11-26(2)19(28)18-8-7-15(30-18)12-29-14-6-4-5-13(9-14)20(22,23)24/h4-10H,3,11-12H2,1-2H3. The van der Waals surface area contributed by atoms with E-state index in [1.807, 2.05) is 6.92 Å². The number of alkyl halides is 3. The van der Waals surface area contributed by atoms with Crippen LogP contribution in [-0.2, 0) is 25.9 Å². The summed E-state index contributed by atoms with van der Waals surface area (Å²) in [6.07, 6.45) is -2.93. The summed E-state index contributed by atoms with van der Waals surface area (Å²) in [5.41, 5.74) is -0.100. The second-order valence-corrected chi connectivity index (χ2v) is 6.90. The number of hydrogen-bond donors (Lipinski definition) is 0. The van der Waals surface area contributed by atoms with Gasteiger partial charge in [-0.25, -0.2) is 0 Å². The highest BCUT2D eigenvalue weighted by Gasteiger charge is 2.30. The molecule has 6 nitrogen and oxygen atoms in total. The van der Waals surface area contributed by atoms with Crippen LogP contribution in [0.15, 0.2) is 47.0 Å². The zero-order valence-electron chi connectivity index (χ0n) is 16.2. The van der Waals surface area contributed by atoms with Gasteiger partial charge in [-0.3, -0.25) is 9.48 Å². The number of rotatable bonds is 7. The molecule has 0 fully saturated rings. The van der Waals surface area contributed by atoms with Crippen LogP contribution in [0.4, 0.5) is 13.2 Å². The Morgan fingerprint density at radius 2 is 2.07 bits per heavy atom. The molecule has 0 saturated heterocycles. The first kappa shape index (κ1) is 21.8. The fourth-order valence-electron chi connectivity index (χ4n) is 2.79. The second kappa shape index (κ2) is 8.83. The molecule has 0 aliphatic carbocycles. The third kappa shape index (κ3) is 4.96. The van der Waals surface area contributed by atoms with Gasteiger partial charge in [0.15, 0.2) is 5.76 Å². The molecule has 1 aromatic carbocycles. The molecule has 0 bridgehead atoms. The van der Waals surface area contributed by atoms with Crippen LogP contribution in [0.2, 0.25) is 5.02 Å². The molecule has 0 aliphatic rings. The number of carbonyl (C=O) groups excluding carboxylic acids is 1. The first-order valence-electron chi connectivity index (χ1n) is 9.03.